The molecular formula is C16H19N3. The van der Waals surface area contributed by atoms with Crippen LogP contribution in [0.2, 0.25) is 0 Å². The van der Waals surface area contributed by atoms with E-state index < -0.39 is 0 Å². The summed E-state index contributed by atoms with van der Waals surface area (Å²) >= 11 is 0. The number of pyridine rings is 1. The number of nitrogens with one attached hydrogen (secondary N) is 1. The fourth-order valence-corrected chi connectivity index (χ4v) is 2.73. The lowest BCUT2D eigenvalue weighted by molar-refractivity contribution is 0.312. The van der Waals surface area contributed by atoms with E-state index in [0.29, 0.717) is 6.04 Å². The molecule has 0 bridgehead atoms. The van der Waals surface area contributed by atoms with Gasteiger partial charge in [-0.05, 0) is 36.7 Å². The van der Waals surface area contributed by atoms with Gasteiger partial charge in [0.15, 0.2) is 0 Å². The van der Waals surface area contributed by atoms with Crippen molar-refractivity contribution >= 4 is 5.69 Å². The number of nitrogens with zero attached hydrogens (tertiary/aromatic N) is 2. The molecule has 1 aliphatic rings. The summed E-state index contributed by atoms with van der Waals surface area (Å²) < 4.78 is 0. The average molecular weight is 253 g/mol. The number of likely N-dealkylation sites (N-methyl/N-ethyl adjacent to an activating group) is 1. The van der Waals surface area contributed by atoms with E-state index in [1.54, 1.807) is 0 Å². The lowest BCUT2D eigenvalue weighted by Crippen LogP contribution is -2.32. The minimum Gasteiger partial charge on any atom is -0.380 e. The van der Waals surface area contributed by atoms with Crippen molar-refractivity contribution in [1.82, 2.24) is 9.88 Å². The largest absolute Gasteiger partial charge is 0.380 e. The van der Waals surface area contributed by atoms with Crippen LogP contribution < -0.4 is 5.32 Å². The summed E-state index contributed by atoms with van der Waals surface area (Å²) in [5, 5.41) is 3.59. The van der Waals surface area contributed by atoms with Crippen molar-refractivity contribution < 1.29 is 0 Å². The Morgan fingerprint density at radius 3 is 2.95 bits per heavy atom. The summed E-state index contributed by atoms with van der Waals surface area (Å²) in [5.41, 5.74) is 3.99. The molecule has 1 unspecified atom stereocenters. The highest BCUT2D eigenvalue weighted by molar-refractivity contribution is 5.56. The number of hydrogen-bond acceptors (Lipinski definition) is 3. The van der Waals surface area contributed by atoms with Gasteiger partial charge in [0.2, 0.25) is 0 Å². The van der Waals surface area contributed by atoms with Crippen LogP contribution in [0.15, 0.2) is 48.8 Å². The van der Waals surface area contributed by atoms with Gasteiger partial charge < -0.3 is 10.2 Å². The molecule has 98 valence electrons. The third-order valence-corrected chi connectivity index (χ3v) is 3.55. The van der Waals surface area contributed by atoms with Crippen LogP contribution in [0.1, 0.15) is 11.1 Å². The molecule has 0 aliphatic carbocycles. The number of benzene rings is 1. The smallest absolute Gasteiger partial charge is 0.0429 e. The van der Waals surface area contributed by atoms with Crippen LogP contribution in [0, 0.1) is 0 Å². The zero-order chi connectivity index (χ0) is 13.1. The van der Waals surface area contributed by atoms with Gasteiger partial charge in [0.05, 0.1) is 0 Å². The number of fused-ring (bicyclic) bond motifs is 1. The molecule has 3 nitrogen and oxygen atoms in total. The Labute approximate surface area is 114 Å². The first kappa shape index (κ1) is 12.2. The van der Waals surface area contributed by atoms with Crippen LogP contribution in [0.4, 0.5) is 5.69 Å². The predicted molar refractivity (Wildman–Crippen MR) is 78.1 cm³/mol. The number of hydrogen-bond donors (Lipinski definition) is 1. The average Bonchev–Trinajstić information content (AvgIpc) is 2.81. The predicted octanol–water partition coefficient (Wildman–Crippen LogP) is 2.55. The van der Waals surface area contributed by atoms with Crippen molar-refractivity contribution in [3.05, 3.63) is 59.9 Å². The zero-order valence-electron chi connectivity index (χ0n) is 11.2. The van der Waals surface area contributed by atoms with Crippen LogP contribution in [-0.2, 0) is 13.0 Å². The first-order valence-electron chi connectivity index (χ1n) is 6.73. The Hall–Kier alpha value is -1.87. The molecule has 0 saturated heterocycles. The van der Waals surface area contributed by atoms with Crippen LogP contribution in [-0.4, -0.2) is 29.5 Å². The van der Waals surface area contributed by atoms with E-state index >= 15 is 0 Å². The van der Waals surface area contributed by atoms with Crippen LogP contribution in [0.25, 0.3) is 0 Å². The van der Waals surface area contributed by atoms with E-state index in [4.69, 9.17) is 0 Å². The van der Waals surface area contributed by atoms with Crippen LogP contribution in [0.5, 0.6) is 0 Å². The molecule has 0 radical (unpaired) electrons. The van der Waals surface area contributed by atoms with Crippen molar-refractivity contribution in [3.63, 3.8) is 0 Å². The fraction of sp³-hybridized carbons (Fsp3) is 0.312. The Morgan fingerprint density at radius 1 is 1.26 bits per heavy atom. The second-order valence-corrected chi connectivity index (χ2v) is 5.26. The number of rotatable bonds is 4. The third-order valence-electron chi connectivity index (χ3n) is 3.55. The van der Waals surface area contributed by atoms with Crippen molar-refractivity contribution in [3.8, 4) is 0 Å². The molecule has 1 atom stereocenters. The maximum atomic E-state index is 4.16. The Morgan fingerprint density at radius 2 is 2.16 bits per heavy atom. The van der Waals surface area contributed by atoms with E-state index in [0.717, 1.165) is 19.5 Å². The molecule has 19 heavy (non-hydrogen) atoms. The molecule has 1 aromatic carbocycles. The second kappa shape index (κ2) is 5.41. The quantitative estimate of drug-likeness (QED) is 0.907. The monoisotopic (exact) mass is 253 g/mol. The molecule has 2 heterocycles. The highest BCUT2D eigenvalue weighted by Gasteiger charge is 2.20. The second-order valence-electron chi connectivity index (χ2n) is 5.26. The SMILES string of the molecule is CN(Cc1cccnc1)CC1Cc2ccccc2N1. The Bertz CT molecular complexity index is 514. The molecule has 0 spiro atoms. The van der Waals surface area contributed by atoms with Gasteiger partial charge in [0, 0.05) is 37.2 Å². The molecule has 0 saturated carbocycles. The minimum absolute atomic E-state index is 0.513. The van der Waals surface area contributed by atoms with Gasteiger partial charge >= 0.3 is 0 Å². The fourth-order valence-electron chi connectivity index (χ4n) is 2.73. The first-order chi connectivity index (χ1) is 9.31. The zero-order valence-corrected chi connectivity index (χ0v) is 11.2. The highest BCUT2D eigenvalue weighted by Crippen LogP contribution is 2.25. The molecule has 1 N–H and O–H groups in total. The normalized spacial score (nSPS) is 17.3. The van der Waals surface area contributed by atoms with Gasteiger partial charge in [-0.2, -0.15) is 0 Å². The summed E-state index contributed by atoms with van der Waals surface area (Å²) in [6, 6.07) is 13.2. The summed E-state index contributed by atoms with van der Waals surface area (Å²) in [7, 11) is 2.16. The standard InChI is InChI=1S/C16H19N3/c1-19(11-13-5-4-8-17-10-13)12-15-9-14-6-2-3-7-16(14)18-15/h2-8,10,15,18H,9,11-12H2,1H3. The third kappa shape index (κ3) is 2.93. The molecule has 0 fully saturated rings. The summed E-state index contributed by atoms with van der Waals surface area (Å²) in [4.78, 5) is 6.51. The molecule has 1 aliphatic heterocycles. The summed E-state index contributed by atoms with van der Waals surface area (Å²) in [6.07, 6.45) is 4.87. The van der Waals surface area contributed by atoms with Crippen molar-refractivity contribution in [2.45, 2.75) is 19.0 Å². The Kier molecular flexibility index (Phi) is 3.47. The first-order valence-corrected chi connectivity index (χ1v) is 6.73. The molecule has 0 amide bonds. The topological polar surface area (TPSA) is 28.2 Å². The van der Waals surface area contributed by atoms with Crippen molar-refractivity contribution in [2.75, 3.05) is 18.9 Å². The van der Waals surface area contributed by atoms with Gasteiger partial charge in [0.1, 0.15) is 0 Å². The number of anilines is 1. The maximum Gasteiger partial charge on any atom is 0.0429 e. The van der Waals surface area contributed by atoms with Crippen molar-refractivity contribution in [1.29, 1.82) is 0 Å². The van der Waals surface area contributed by atoms with Gasteiger partial charge in [0.25, 0.3) is 0 Å². The number of para-hydroxylation sites is 1. The lowest BCUT2D eigenvalue weighted by atomic mass is 10.1. The van der Waals surface area contributed by atoms with Crippen molar-refractivity contribution in [2.24, 2.45) is 0 Å². The minimum atomic E-state index is 0.513. The van der Waals surface area contributed by atoms with Crippen LogP contribution in [0.3, 0.4) is 0 Å². The van der Waals surface area contributed by atoms with E-state index in [1.165, 1.54) is 16.8 Å². The summed E-state index contributed by atoms with van der Waals surface area (Å²) in [5.74, 6) is 0. The molecule has 3 heteroatoms. The van der Waals surface area contributed by atoms with Gasteiger partial charge in [-0.25, -0.2) is 0 Å². The van der Waals surface area contributed by atoms with Gasteiger partial charge in [-0.1, -0.05) is 24.3 Å². The van der Waals surface area contributed by atoms with Gasteiger partial charge in [-0.15, -0.1) is 0 Å². The Balaban J connectivity index is 1.56. The van der Waals surface area contributed by atoms with E-state index in [2.05, 4.69) is 52.6 Å². The number of aromatic nitrogens is 1. The van der Waals surface area contributed by atoms with Gasteiger partial charge in [-0.3, -0.25) is 4.98 Å². The molecule has 2 aromatic rings. The molecule has 1 aromatic heterocycles. The maximum absolute atomic E-state index is 4.16. The van der Waals surface area contributed by atoms with E-state index in [-0.39, 0.29) is 0 Å². The van der Waals surface area contributed by atoms with E-state index in [9.17, 15) is 0 Å². The summed E-state index contributed by atoms with van der Waals surface area (Å²) in [6.45, 7) is 1.99. The molecular weight excluding hydrogens is 234 g/mol. The van der Waals surface area contributed by atoms with E-state index in [1.807, 2.05) is 18.5 Å². The molecule has 3 rings (SSSR count). The highest BCUT2D eigenvalue weighted by atomic mass is 15.1. The van der Waals surface area contributed by atoms with Crippen LogP contribution >= 0.6 is 0 Å². The lowest BCUT2D eigenvalue weighted by Gasteiger charge is -2.21.